The summed E-state index contributed by atoms with van der Waals surface area (Å²) < 4.78 is 35.6. The minimum absolute atomic E-state index is 0.0684. The van der Waals surface area contributed by atoms with Crippen LogP contribution in [0.2, 0.25) is 0 Å². The molecule has 4 heterocycles. The lowest BCUT2D eigenvalue weighted by Gasteiger charge is -2.36. The molecule has 1 aliphatic rings. The van der Waals surface area contributed by atoms with Crippen molar-refractivity contribution >= 4 is 24.4 Å². The number of H-pyrrole nitrogens is 2. The van der Waals surface area contributed by atoms with Crippen LogP contribution in [0.1, 0.15) is 59.0 Å². The minimum Gasteiger partial charge on any atom is -0.496 e. The SMILES string of the molecule is COc1ccc(C(c2c(O)n(-c3ccc(F)cc3)c(=S)[nH]c2=O)c2c(O)n(-c3ccc(F)cc3)c(=S)[nH]c2=O)cc1CN1CCCC[C@H]1c1cccnc1. The van der Waals surface area contributed by atoms with E-state index in [4.69, 9.17) is 29.2 Å². The highest BCUT2D eigenvalue weighted by atomic mass is 32.1. The maximum absolute atomic E-state index is 14.0. The van der Waals surface area contributed by atoms with E-state index in [-0.39, 0.29) is 38.1 Å². The molecule has 0 spiro atoms. The fraction of sp³-hybridized carbons (Fsp3) is 0.205. The molecule has 3 aromatic heterocycles. The van der Waals surface area contributed by atoms with Crippen molar-refractivity contribution in [1.29, 1.82) is 0 Å². The Morgan fingerprint density at radius 2 is 1.43 bits per heavy atom. The van der Waals surface area contributed by atoms with Gasteiger partial charge in [0.15, 0.2) is 9.54 Å². The predicted octanol–water partition coefficient (Wildman–Crippen LogP) is 7.10. The number of benzene rings is 3. The number of aromatic hydroxyl groups is 2. The summed E-state index contributed by atoms with van der Waals surface area (Å²) in [5.74, 6) is -3.30. The molecule has 15 heteroatoms. The maximum atomic E-state index is 14.0. The van der Waals surface area contributed by atoms with Crippen molar-refractivity contribution < 1.29 is 23.7 Å². The van der Waals surface area contributed by atoms with Crippen molar-refractivity contribution in [3.8, 4) is 28.9 Å². The summed E-state index contributed by atoms with van der Waals surface area (Å²) in [6.45, 7) is 1.20. The molecule has 1 fully saturated rings. The Morgan fingerprint density at radius 1 is 0.852 bits per heavy atom. The number of pyridine rings is 1. The van der Waals surface area contributed by atoms with Crippen molar-refractivity contribution in [3.63, 3.8) is 0 Å². The van der Waals surface area contributed by atoms with E-state index in [1.165, 1.54) is 48.5 Å². The van der Waals surface area contributed by atoms with Crippen LogP contribution in [0.5, 0.6) is 17.5 Å². The summed E-state index contributed by atoms with van der Waals surface area (Å²) in [6, 6.07) is 19.2. The van der Waals surface area contributed by atoms with Gasteiger partial charge in [-0.2, -0.15) is 0 Å². The number of halogens is 2. The third-order valence-electron chi connectivity index (χ3n) is 9.68. The Labute approximate surface area is 317 Å². The van der Waals surface area contributed by atoms with Gasteiger partial charge in [-0.1, -0.05) is 18.6 Å². The zero-order valence-corrected chi connectivity index (χ0v) is 30.5. The van der Waals surface area contributed by atoms with Crippen LogP contribution in [0.4, 0.5) is 8.78 Å². The van der Waals surface area contributed by atoms with Gasteiger partial charge in [0, 0.05) is 30.5 Å². The molecular weight excluding hydrogens is 735 g/mol. The molecule has 1 saturated heterocycles. The first-order valence-electron chi connectivity index (χ1n) is 17.0. The van der Waals surface area contributed by atoms with E-state index in [9.17, 15) is 28.6 Å². The minimum atomic E-state index is -1.46. The van der Waals surface area contributed by atoms with Gasteiger partial charge < -0.3 is 14.9 Å². The summed E-state index contributed by atoms with van der Waals surface area (Å²) in [5.41, 5.74) is 0.156. The van der Waals surface area contributed by atoms with Crippen LogP contribution >= 0.6 is 24.4 Å². The van der Waals surface area contributed by atoms with Crippen molar-refractivity contribution in [2.24, 2.45) is 0 Å². The molecule has 3 aromatic carbocycles. The lowest BCUT2D eigenvalue weighted by Crippen LogP contribution is -2.33. The third kappa shape index (κ3) is 7.00. The fourth-order valence-corrected chi connectivity index (χ4v) is 7.75. The molecule has 0 saturated carbocycles. The first kappa shape index (κ1) is 36.6. The molecule has 6 aromatic rings. The third-order valence-corrected chi connectivity index (χ3v) is 10.3. The normalized spacial score (nSPS) is 14.7. The van der Waals surface area contributed by atoms with Crippen LogP contribution in [-0.2, 0) is 6.54 Å². The van der Waals surface area contributed by atoms with E-state index in [1.54, 1.807) is 31.5 Å². The van der Waals surface area contributed by atoms with Crippen molar-refractivity contribution in [1.82, 2.24) is 29.0 Å². The molecular formula is C39H34F2N6O5S2. The van der Waals surface area contributed by atoms with Crippen LogP contribution in [0, 0.1) is 21.2 Å². The molecule has 0 radical (unpaired) electrons. The first-order chi connectivity index (χ1) is 26.0. The maximum Gasteiger partial charge on any atom is 0.259 e. The van der Waals surface area contributed by atoms with Gasteiger partial charge in [0.25, 0.3) is 11.1 Å². The van der Waals surface area contributed by atoms with E-state index >= 15 is 0 Å². The molecule has 0 aliphatic carbocycles. The van der Waals surface area contributed by atoms with Gasteiger partial charge in [-0.05, 0) is 122 Å². The lowest BCUT2D eigenvalue weighted by atomic mass is 9.85. The molecule has 7 rings (SSSR count). The summed E-state index contributed by atoms with van der Waals surface area (Å²) in [6.07, 6.45) is 6.51. The number of methoxy groups -OCH3 is 1. The number of rotatable bonds is 9. The van der Waals surface area contributed by atoms with Gasteiger partial charge in [0.1, 0.15) is 17.4 Å². The first-order valence-corrected chi connectivity index (χ1v) is 17.9. The molecule has 0 unspecified atom stereocenters. The highest BCUT2D eigenvalue weighted by molar-refractivity contribution is 7.71. The quantitative estimate of drug-likeness (QED) is 0.113. The standard InChI is InChI=1S/C39H34F2N6O5S2/c1-52-30-16-7-22(19-24(30)21-45-18-3-2-6-29(45)23-5-4-17-42-20-23)31(32-34(48)43-38(53)46(36(32)50)27-12-8-25(40)9-13-27)33-35(49)44-39(54)47(37(33)51)28-14-10-26(41)11-15-28/h4-5,7-17,19-20,29,31,50-51H,2-3,6,18,21H2,1H3,(H,43,48,53)(H,44,49,54)/t29-/m0/s1. The van der Waals surface area contributed by atoms with E-state index < -0.39 is 40.4 Å². The van der Waals surface area contributed by atoms with Gasteiger partial charge in [-0.3, -0.25) is 38.6 Å². The number of nitrogens with zero attached hydrogens (tertiary/aromatic N) is 4. The molecule has 11 nitrogen and oxygen atoms in total. The lowest BCUT2D eigenvalue weighted by molar-refractivity contribution is 0.139. The number of aromatic amines is 2. The van der Waals surface area contributed by atoms with Crippen LogP contribution in [0.15, 0.2) is 101 Å². The molecule has 1 aliphatic heterocycles. The molecule has 0 bridgehead atoms. The smallest absolute Gasteiger partial charge is 0.259 e. The average Bonchev–Trinajstić information content (AvgIpc) is 3.16. The van der Waals surface area contributed by atoms with Gasteiger partial charge in [-0.15, -0.1) is 0 Å². The largest absolute Gasteiger partial charge is 0.496 e. The van der Waals surface area contributed by atoms with Gasteiger partial charge >= 0.3 is 0 Å². The number of likely N-dealkylation sites (tertiary alicyclic amines) is 1. The average molecular weight is 769 g/mol. The zero-order chi connectivity index (χ0) is 38.1. The van der Waals surface area contributed by atoms with Crippen LogP contribution < -0.4 is 15.9 Å². The van der Waals surface area contributed by atoms with Crippen molar-refractivity contribution in [3.05, 3.63) is 161 Å². The number of piperidine rings is 1. The number of hydrogen-bond donors (Lipinski definition) is 4. The molecule has 4 N–H and O–H groups in total. The molecule has 276 valence electrons. The van der Waals surface area contributed by atoms with Gasteiger partial charge in [0.2, 0.25) is 11.8 Å². The second-order valence-corrected chi connectivity index (χ2v) is 13.7. The number of aromatic nitrogens is 5. The van der Waals surface area contributed by atoms with Gasteiger partial charge in [-0.25, -0.2) is 8.78 Å². The molecule has 54 heavy (non-hydrogen) atoms. The second-order valence-electron chi connectivity index (χ2n) is 12.9. The zero-order valence-electron chi connectivity index (χ0n) is 28.8. The number of nitrogens with one attached hydrogen (secondary N) is 2. The number of ether oxygens (including phenoxy) is 1. The van der Waals surface area contributed by atoms with Gasteiger partial charge in [0.05, 0.1) is 35.5 Å². The summed E-state index contributed by atoms with van der Waals surface area (Å²) in [7, 11) is 1.54. The van der Waals surface area contributed by atoms with Crippen LogP contribution in [0.3, 0.4) is 0 Å². The Hall–Kier alpha value is -5.77. The Kier molecular flexibility index (Phi) is 10.4. The number of hydrogen-bond acceptors (Lipinski definition) is 9. The summed E-state index contributed by atoms with van der Waals surface area (Å²) in [5, 5.41) is 24.0. The highest BCUT2D eigenvalue weighted by Gasteiger charge is 2.33. The van der Waals surface area contributed by atoms with E-state index in [1.807, 2.05) is 18.3 Å². The van der Waals surface area contributed by atoms with Crippen LogP contribution in [-0.4, -0.2) is 52.9 Å². The Balaban J connectivity index is 1.47. The van der Waals surface area contributed by atoms with E-state index in [0.717, 1.165) is 40.5 Å². The monoisotopic (exact) mass is 768 g/mol. The van der Waals surface area contributed by atoms with E-state index in [2.05, 4.69) is 19.9 Å². The second kappa shape index (κ2) is 15.3. The predicted molar refractivity (Wildman–Crippen MR) is 203 cm³/mol. The fourth-order valence-electron chi connectivity index (χ4n) is 7.19. The van der Waals surface area contributed by atoms with E-state index in [0.29, 0.717) is 23.4 Å². The van der Waals surface area contributed by atoms with Crippen molar-refractivity contribution in [2.75, 3.05) is 13.7 Å². The summed E-state index contributed by atoms with van der Waals surface area (Å²) in [4.78, 5) is 39.9. The summed E-state index contributed by atoms with van der Waals surface area (Å²) >= 11 is 10.9. The molecule has 1 atom stereocenters. The van der Waals surface area contributed by atoms with Crippen molar-refractivity contribution in [2.45, 2.75) is 37.8 Å². The topological polar surface area (TPSA) is 141 Å². The molecule has 0 amide bonds. The Morgan fingerprint density at radius 3 is 1.94 bits per heavy atom. The van der Waals surface area contributed by atoms with Crippen LogP contribution in [0.25, 0.3) is 11.4 Å². The Bertz CT molecular complexity index is 2450. The highest BCUT2D eigenvalue weighted by Crippen LogP contribution is 2.41.